The number of hydrogen-bond acceptors (Lipinski definition) is 3. The van der Waals surface area contributed by atoms with Crippen molar-refractivity contribution < 1.29 is 9.13 Å². The van der Waals surface area contributed by atoms with Gasteiger partial charge < -0.3 is 4.74 Å². The normalized spacial score (nSPS) is 11.1. The lowest BCUT2D eigenvalue weighted by Gasteiger charge is -2.10. The summed E-state index contributed by atoms with van der Waals surface area (Å²) >= 11 is 0. The molecule has 5 heteroatoms. The third kappa shape index (κ3) is 3.74. The molecule has 4 nitrogen and oxygen atoms in total. The highest BCUT2D eigenvalue weighted by Crippen LogP contribution is 2.30. The summed E-state index contributed by atoms with van der Waals surface area (Å²) in [6.07, 6.45) is 6.86. The van der Waals surface area contributed by atoms with E-state index in [0.717, 1.165) is 53.1 Å². The van der Waals surface area contributed by atoms with Gasteiger partial charge in [-0.3, -0.25) is 9.55 Å². The number of nitrogens with zero attached hydrogens (tertiary/aromatic N) is 3. The first-order valence-electron chi connectivity index (χ1n) is 9.58. The number of aromatic nitrogens is 3. The molecule has 0 spiro atoms. The summed E-state index contributed by atoms with van der Waals surface area (Å²) in [7, 11) is 0. The smallest absolute Gasteiger partial charge is 0.147 e. The molecule has 0 unspecified atom stereocenters. The number of unbranched alkanes of at least 4 members (excludes halogenated alkanes) is 2. The number of benzene rings is 2. The van der Waals surface area contributed by atoms with E-state index >= 15 is 0 Å². The Labute approximate surface area is 163 Å². The highest BCUT2D eigenvalue weighted by atomic mass is 19.1. The fraction of sp³-hybridized carbons (Fsp3) is 0.217. The second kappa shape index (κ2) is 8.21. The molecule has 2 aromatic heterocycles. The van der Waals surface area contributed by atoms with E-state index in [0.29, 0.717) is 6.61 Å². The SMILES string of the molecule is CCCCCOc1ccc2nc(-c3cccnc3)n(-c3ccc(F)cc3)c2c1. The van der Waals surface area contributed by atoms with Crippen molar-refractivity contribution in [1.29, 1.82) is 0 Å². The lowest BCUT2D eigenvalue weighted by molar-refractivity contribution is 0.306. The minimum atomic E-state index is -0.268. The molecule has 0 fully saturated rings. The summed E-state index contributed by atoms with van der Waals surface area (Å²) in [4.78, 5) is 9.02. The topological polar surface area (TPSA) is 39.9 Å². The van der Waals surface area contributed by atoms with E-state index in [1.165, 1.54) is 12.1 Å². The Hall–Kier alpha value is -3.21. The van der Waals surface area contributed by atoms with Crippen LogP contribution in [-0.2, 0) is 0 Å². The molecule has 0 N–H and O–H groups in total. The molecule has 4 rings (SSSR count). The Kier molecular flexibility index (Phi) is 5.33. The molecular formula is C23H22FN3O. The zero-order chi connectivity index (χ0) is 19.3. The van der Waals surface area contributed by atoms with Crippen LogP contribution in [-0.4, -0.2) is 21.1 Å². The Morgan fingerprint density at radius 2 is 1.89 bits per heavy atom. The largest absolute Gasteiger partial charge is 0.494 e. The summed E-state index contributed by atoms with van der Waals surface area (Å²) < 4.78 is 21.4. The Morgan fingerprint density at radius 1 is 1.04 bits per heavy atom. The van der Waals surface area contributed by atoms with Gasteiger partial charge in [0, 0.05) is 29.7 Å². The molecule has 0 saturated heterocycles. The molecule has 0 radical (unpaired) electrons. The van der Waals surface area contributed by atoms with Gasteiger partial charge in [0.1, 0.15) is 17.4 Å². The Balaban J connectivity index is 1.81. The van der Waals surface area contributed by atoms with Crippen molar-refractivity contribution in [1.82, 2.24) is 14.5 Å². The van der Waals surface area contributed by atoms with Gasteiger partial charge in [-0.1, -0.05) is 19.8 Å². The van der Waals surface area contributed by atoms with Crippen LogP contribution in [0, 0.1) is 5.82 Å². The highest BCUT2D eigenvalue weighted by molar-refractivity contribution is 5.84. The van der Waals surface area contributed by atoms with Crippen LogP contribution in [0.4, 0.5) is 4.39 Å². The second-order valence-corrected chi connectivity index (χ2v) is 6.70. The molecule has 0 aliphatic carbocycles. The van der Waals surface area contributed by atoms with Gasteiger partial charge in [-0.25, -0.2) is 9.37 Å². The van der Waals surface area contributed by atoms with Gasteiger partial charge in [0.25, 0.3) is 0 Å². The molecule has 28 heavy (non-hydrogen) atoms. The number of imidazole rings is 1. The third-order valence-electron chi connectivity index (χ3n) is 4.65. The molecule has 0 amide bonds. The summed E-state index contributed by atoms with van der Waals surface area (Å²) in [5.74, 6) is 1.30. The fourth-order valence-corrected chi connectivity index (χ4v) is 3.23. The molecule has 4 aromatic rings. The van der Waals surface area contributed by atoms with Gasteiger partial charge in [0.2, 0.25) is 0 Å². The Morgan fingerprint density at radius 3 is 2.64 bits per heavy atom. The predicted molar refractivity (Wildman–Crippen MR) is 109 cm³/mol. The van der Waals surface area contributed by atoms with Crippen LogP contribution in [0.5, 0.6) is 5.75 Å². The molecule has 0 aliphatic heterocycles. The lowest BCUT2D eigenvalue weighted by Crippen LogP contribution is -1.99. The maximum absolute atomic E-state index is 13.5. The first-order chi connectivity index (χ1) is 13.8. The van der Waals surface area contributed by atoms with Crippen molar-refractivity contribution in [3.05, 3.63) is 72.8 Å². The van der Waals surface area contributed by atoms with E-state index in [2.05, 4.69) is 11.9 Å². The average Bonchev–Trinajstić information content (AvgIpc) is 3.11. The molecule has 0 aliphatic rings. The van der Waals surface area contributed by atoms with Gasteiger partial charge in [-0.05, 0) is 55.0 Å². The van der Waals surface area contributed by atoms with Gasteiger partial charge in [0.15, 0.2) is 0 Å². The van der Waals surface area contributed by atoms with Crippen LogP contribution >= 0.6 is 0 Å². The van der Waals surface area contributed by atoms with Crippen molar-refractivity contribution >= 4 is 11.0 Å². The van der Waals surface area contributed by atoms with Crippen molar-refractivity contribution in [2.24, 2.45) is 0 Å². The zero-order valence-corrected chi connectivity index (χ0v) is 15.8. The van der Waals surface area contributed by atoms with E-state index in [9.17, 15) is 4.39 Å². The molecule has 2 aromatic carbocycles. The van der Waals surface area contributed by atoms with Crippen LogP contribution in [0.25, 0.3) is 28.1 Å². The summed E-state index contributed by atoms with van der Waals surface area (Å²) in [6.45, 7) is 2.87. The zero-order valence-electron chi connectivity index (χ0n) is 15.8. The number of halogens is 1. The fourth-order valence-electron chi connectivity index (χ4n) is 3.23. The van der Waals surface area contributed by atoms with E-state index in [1.54, 1.807) is 24.5 Å². The third-order valence-corrected chi connectivity index (χ3v) is 4.65. The summed E-state index contributed by atoms with van der Waals surface area (Å²) in [6, 6.07) is 16.2. The monoisotopic (exact) mass is 375 g/mol. The number of hydrogen-bond donors (Lipinski definition) is 0. The van der Waals surface area contributed by atoms with E-state index in [4.69, 9.17) is 9.72 Å². The molecular weight excluding hydrogens is 353 g/mol. The van der Waals surface area contributed by atoms with Crippen LogP contribution in [0.3, 0.4) is 0 Å². The molecule has 0 bridgehead atoms. The van der Waals surface area contributed by atoms with Crippen LogP contribution < -0.4 is 4.74 Å². The first kappa shape index (κ1) is 18.2. The van der Waals surface area contributed by atoms with E-state index in [1.807, 2.05) is 34.9 Å². The van der Waals surface area contributed by atoms with Gasteiger partial charge in [0.05, 0.1) is 17.6 Å². The van der Waals surface area contributed by atoms with Crippen LogP contribution in [0.15, 0.2) is 67.0 Å². The second-order valence-electron chi connectivity index (χ2n) is 6.70. The quantitative estimate of drug-likeness (QED) is 0.384. The Bertz CT molecular complexity index is 1060. The van der Waals surface area contributed by atoms with Crippen LogP contribution in [0.2, 0.25) is 0 Å². The van der Waals surface area contributed by atoms with Gasteiger partial charge in [-0.2, -0.15) is 0 Å². The summed E-state index contributed by atoms with van der Waals surface area (Å²) in [5, 5.41) is 0. The lowest BCUT2D eigenvalue weighted by atomic mass is 10.2. The number of fused-ring (bicyclic) bond motifs is 1. The maximum atomic E-state index is 13.5. The first-order valence-corrected chi connectivity index (χ1v) is 9.58. The predicted octanol–water partition coefficient (Wildman–Crippen LogP) is 5.80. The minimum Gasteiger partial charge on any atom is -0.494 e. The average molecular weight is 375 g/mol. The molecule has 0 saturated carbocycles. The summed E-state index contributed by atoms with van der Waals surface area (Å²) in [5.41, 5.74) is 3.50. The highest BCUT2D eigenvalue weighted by Gasteiger charge is 2.15. The molecule has 142 valence electrons. The van der Waals surface area contributed by atoms with Crippen LogP contribution in [0.1, 0.15) is 26.2 Å². The number of ether oxygens (including phenoxy) is 1. The molecule has 2 heterocycles. The van der Waals surface area contributed by atoms with E-state index in [-0.39, 0.29) is 5.82 Å². The molecule has 0 atom stereocenters. The van der Waals surface area contributed by atoms with Gasteiger partial charge in [-0.15, -0.1) is 0 Å². The number of pyridine rings is 1. The van der Waals surface area contributed by atoms with Crippen molar-refractivity contribution in [3.63, 3.8) is 0 Å². The minimum absolute atomic E-state index is 0.268. The number of rotatable bonds is 7. The van der Waals surface area contributed by atoms with Gasteiger partial charge >= 0.3 is 0 Å². The van der Waals surface area contributed by atoms with Crippen molar-refractivity contribution in [2.45, 2.75) is 26.2 Å². The maximum Gasteiger partial charge on any atom is 0.147 e. The van der Waals surface area contributed by atoms with Crippen molar-refractivity contribution in [2.75, 3.05) is 6.61 Å². The van der Waals surface area contributed by atoms with Crippen molar-refractivity contribution in [3.8, 4) is 22.8 Å². The standard InChI is InChI=1S/C23H22FN3O/c1-2-3-4-14-28-20-11-12-21-22(15-20)27(19-9-7-18(24)8-10-19)23(26-21)17-6-5-13-25-16-17/h5-13,15-16H,2-4,14H2,1H3. The van der Waals surface area contributed by atoms with E-state index < -0.39 is 0 Å².